The number of hydrogen-bond acceptors (Lipinski definition) is 1. The lowest BCUT2D eigenvalue weighted by Gasteiger charge is -2.22. The van der Waals surface area contributed by atoms with E-state index in [1.165, 1.54) is 0 Å². The van der Waals surface area contributed by atoms with Crippen LogP contribution in [0.4, 0.5) is 0 Å². The van der Waals surface area contributed by atoms with Crippen LogP contribution in [0.5, 0.6) is 0 Å². The van der Waals surface area contributed by atoms with E-state index in [0.29, 0.717) is 5.02 Å². The average Bonchev–Trinajstić information content (AvgIpc) is 2.02. The van der Waals surface area contributed by atoms with Gasteiger partial charge in [0, 0.05) is 5.02 Å². The van der Waals surface area contributed by atoms with Gasteiger partial charge in [-0.2, -0.15) is 0 Å². The Bertz CT molecular complexity index is 284. The van der Waals surface area contributed by atoms with Gasteiger partial charge in [-0.25, -0.2) is 0 Å². The summed E-state index contributed by atoms with van der Waals surface area (Å²) in [4.78, 5) is 0. The maximum absolute atomic E-state index is 9.90. The molecule has 14 heavy (non-hydrogen) atoms. The largest absolute Gasteiger partial charge is 0.388 e. The Morgan fingerprint density at radius 3 is 2.14 bits per heavy atom. The van der Waals surface area contributed by atoms with Gasteiger partial charge in [0.15, 0.2) is 0 Å². The Labute approximate surface area is 90.7 Å². The Hall–Kier alpha value is -0.530. The Morgan fingerprint density at radius 2 is 1.71 bits per heavy atom. The van der Waals surface area contributed by atoms with Crippen molar-refractivity contribution in [3.63, 3.8) is 0 Å². The van der Waals surface area contributed by atoms with E-state index < -0.39 is 6.10 Å². The zero-order valence-electron chi connectivity index (χ0n) is 8.92. The van der Waals surface area contributed by atoms with Crippen LogP contribution in [0.25, 0.3) is 0 Å². The smallest absolute Gasteiger partial charge is 0.0795 e. The van der Waals surface area contributed by atoms with E-state index >= 15 is 0 Å². The summed E-state index contributed by atoms with van der Waals surface area (Å²) >= 11 is 5.77. The quantitative estimate of drug-likeness (QED) is 0.791. The Morgan fingerprint density at radius 1 is 1.21 bits per heavy atom. The van der Waals surface area contributed by atoms with E-state index in [0.717, 1.165) is 12.0 Å². The summed E-state index contributed by atoms with van der Waals surface area (Å²) in [5.74, 6) is 0. The summed E-state index contributed by atoms with van der Waals surface area (Å²) in [7, 11) is 0. The third-order valence-electron chi connectivity index (χ3n) is 2.06. The maximum atomic E-state index is 9.90. The molecule has 78 valence electrons. The van der Waals surface area contributed by atoms with Crippen LogP contribution >= 0.6 is 11.6 Å². The minimum atomic E-state index is -0.396. The zero-order chi connectivity index (χ0) is 10.8. The average molecular weight is 213 g/mol. The van der Waals surface area contributed by atoms with Crippen LogP contribution in [-0.4, -0.2) is 5.11 Å². The molecule has 0 spiro atoms. The van der Waals surface area contributed by atoms with Crippen LogP contribution in [0, 0.1) is 5.41 Å². The molecule has 0 aliphatic carbocycles. The SMILES string of the molecule is CC(C)(C)CC(O)c1ccc(Cl)cc1. The number of benzene rings is 1. The van der Waals surface area contributed by atoms with Gasteiger partial charge in [-0.1, -0.05) is 44.5 Å². The second-order valence-electron chi connectivity index (χ2n) is 4.83. The highest BCUT2D eigenvalue weighted by molar-refractivity contribution is 6.30. The van der Waals surface area contributed by atoms with Gasteiger partial charge in [0.05, 0.1) is 6.10 Å². The Balaban J connectivity index is 2.70. The predicted octanol–water partition coefficient (Wildman–Crippen LogP) is 3.81. The molecule has 0 amide bonds. The molecule has 1 atom stereocenters. The highest BCUT2D eigenvalue weighted by Gasteiger charge is 2.17. The van der Waals surface area contributed by atoms with E-state index in [-0.39, 0.29) is 5.41 Å². The first-order valence-corrected chi connectivity index (χ1v) is 5.20. The van der Waals surface area contributed by atoms with Crippen LogP contribution in [0.3, 0.4) is 0 Å². The Kier molecular flexibility index (Phi) is 3.57. The summed E-state index contributed by atoms with van der Waals surface area (Å²) in [5.41, 5.74) is 1.07. The fourth-order valence-corrected chi connectivity index (χ4v) is 1.51. The summed E-state index contributed by atoms with van der Waals surface area (Å²) in [5, 5.41) is 10.6. The maximum Gasteiger partial charge on any atom is 0.0795 e. The van der Waals surface area contributed by atoms with Gasteiger partial charge >= 0.3 is 0 Å². The molecule has 0 saturated heterocycles. The van der Waals surface area contributed by atoms with Crippen LogP contribution in [0.15, 0.2) is 24.3 Å². The van der Waals surface area contributed by atoms with Crippen molar-refractivity contribution in [3.8, 4) is 0 Å². The first kappa shape index (κ1) is 11.5. The molecule has 0 aromatic heterocycles. The zero-order valence-corrected chi connectivity index (χ0v) is 9.67. The van der Waals surface area contributed by atoms with Crippen molar-refractivity contribution in [2.45, 2.75) is 33.3 Å². The number of rotatable bonds is 2. The van der Waals surface area contributed by atoms with Crippen LogP contribution < -0.4 is 0 Å². The second kappa shape index (κ2) is 4.33. The van der Waals surface area contributed by atoms with Gasteiger partial charge in [-0.15, -0.1) is 0 Å². The molecule has 1 unspecified atom stereocenters. The highest BCUT2D eigenvalue weighted by Crippen LogP contribution is 2.29. The number of aliphatic hydroxyl groups excluding tert-OH is 1. The highest BCUT2D eigenvalue weighted by atomic mass is 35.5. The standard InChI is InChI=1S/C12H17ClO/c1-12(2,3)8-11(14)9-4-6-10(13)7-5-9/h4-7,11,14H,8H2,1-3H3. The first-order valence-electron chi connectivity index (χ1n) is 4.82. The fraction of sp³-hybridized carbons (Fsp3) is 0.500. The minimum Gasteiger partial charge on any atom is -0.388 e. The van der Waals surface area contributed by atoms with Crippen molar-refractivity contribution < 1.29 is 5.11 Å². The summed E-state index contributed by atoms with van der Waals surface area (Å²) in [6.07, 6.45) is 0.363. The normalized spacial score (nSPS) is 14.1. The van der Waals surface area contributed by atoms with Crippen molar-refractivity contribution in [1.29, 1.82) is 0 Å². The van der Waals surface area contributed by atoms with Gasteiger partial charge in [-0.3, -0.25) is 0 Å². The number of halogens is 1. The van der Waals surface area contributed by atoms with E-state index in [1.807, 2.05) is 24.3 Å². The van der Waals surface area contributed by atoms with Gasteiger partial charge in [0.2, 0.25) is 0 Å². The van der Waals surface area contributed by atoms with E-state index in [1.54, 1.807) is 0 Å². The van der Waals surface area contributed by atoms with Crippen molar-refractivity contribution in [2.75, 3.05) is 0 Å². The number of hydrogen-bond donors (Lipinski definition) is 1. The molecular formula is C12H17ClO. The van der Waals surface area contributed by atoms with Gasteiger partial charge in [-0.05, 0) is 29.5 Å². The predicted molar refractivity (Wildman–Crippen MR) is 60.5 cm³/mol. The fourth-order valence-electron chi connectivity index (χ4n) is 1.38. The lowest BCUT2D eigenvalue weighted by atomic mass is 9.87. The minimum absolute atomic E-state index is 0.138. The molecule has 0 bridgehead atoms. The monoisotopic (exact) mass is 212 g/mol. The molecule has 0 saturated carbocycles. The van der Waals surface area contributed by atoms with Crippen molar-refractivity contribution >= 4 is 11.6 Å². The second-order valence-corrected chi connectivity index (χ2v) is 5.27. The van der Waals surface area contributed by atoms with E-state index in [4.69, 9.17) is 11.6 Å². The summed E-state index contributed by atoms with van der Waals surface area (Å²) in [6, 6.07) is 7.36. The molecular weight excluding hydrogens is 196 g/mol. The molecule has 1 rings (SSSR count). The lowest BCUT2D eigenvalue weighted by molar-refractivity contribution is 0.122. The van der Waals surface area contributed by atoms with E-state index in [2.05, 4.69) is 20.8 Å². The molecule has 0 aliphatic rings. The molecule has 1 aromatic carbocycles. The van der Waals surface area contributed by atoms with Gasteiger partial charge in [0.25, 0.3) is 0 Å². The summed E-state index contributed by atoms with van der Waals surface area (Å²) in [6.45, 7) is 6.35. The summed E-state index contributed by atoms with van der Waals surface area (Å²) < 4.78 is 0. The van der Waals surface area contributed by atoms with E-state index in [9.17, 15) is 5.11 Å². The third-order valence-corrected chi connectivity index (χ3v) is 2.31. The molecule has 1 nitrogen and oxygen atoms in total. The topological polar surface area (TPSA) is 20.2 Å². The van der Waals surface area contributed by atoms with Gasteiger partial charge in [0.1, 0.15) is 0 Å². The van der Waals surface area contributed by atoms with Crippen LogP contribution in [-0.2, 0) is 0 Å². The van der Waals surface area contributed by atoms with Crippen molar-refractivity contribution in [2.24, 2.45) is 5.41 Å². The lowest BCUT2D eigenvalue weighted by Crippen LogP contribution is -2.11. The molecule has 0 heterocycles. The number of aliphatic hydroxyl groups is 1. The molecule has 0 radical (unpaired) electrons. The van der Waals surface area contributed by atoms with Gasteiger partial charge < -0.3 is 5.11 Å². The van der Waals surface area contributed by atoms with Crippen LogP contribution in [0.2, 0.25) is 5.02 Å². The molecule has 0 aliphatic heterocycles. The van der Waals surface area contributed by atoms with Crippen molar-refractivity contribution in [3.05, 3.63) is 34.9 Å². The first-order chi connectivity index (χ1) is 6.38. The molecule has 0 fully saturated rings. The third kappa shape index (κ3) is 3.69. The van der Waals surface area contributed by atoms with Crippen molar-refractivity contribution in [1.82, 2.24) is 0 Å². The molecule has 1 N–H and O–H groups in total. The van der Waals surface area contributed by atoms with Crippen LogP contribution in [0.1, 0.15) is 38.9 Å². The molecule has 2 heteroatoms. The molecule has 1 aromatic rings.